The minimum atomic E-state index is -0.156. The van der Waals surface area contributed by atoms with Gasteiger partial charge < -0.3 is 9.47 Å². The van der Waals surface area contributed by atoms with Crippen LogP contribution in [0.2, 0.25) is 0 Å². The van der Waals surface area contributed by atoms with E-state index >= 15 is 0 Å². The zero-order valence-corrected chi connectivity index (χ0v) is 16.3. The minimum Gasteiger partial charge on any atom is -0.341 e. The SMILES string of the molecule is CCc1nccn1CCC(=O)N(C)[C@H]1CCCN(Cc2ccccc2F)C1. The number of halogens is 1. The van der Waals surface area contributed by atoms with E-state index in [0.29, 0.717) is 19.5 Å². The van der Waals surface area contributed by atoms with E-state index in [2.05, 4.69) is 21.4 Å². The van der Waals surface area contributed by atoms with Crippen molar-refractivity contribution in [2.45, 2.75) is 51.7 Å². The third-order valence-electron chi connectivity index (χ3n) is 5.46. The monoisotopic (exact) mass is 372 g/mol. The molecule has 1 aliphatic heterocycles. The van der Waals surface area contributed by atoms with E-state index in [1.165, 1.54) is 6.07 Å². The summed E-state index contributed by atoms with van der Waals surface area (Å²) in [6.07, 6.45) is 7.09. The third kappa shape index (κ3) is 4.95. The molecule has 1 aromatic carbocycles. The van der Waals surface area contributed by atoms with Crippen LogP contribution in [0.4, 0.5) is 4.39 Å². The topological polar surface area (TPSA) is 41.4 Å². The summed E-state index contributed by atoms with van der Waals surface area (Å²) in [6.45, 7) is 5.07. The molecule has 1 aromatic heterocycles. The molecule has 6 heteroatoms. The highest BCUT2D eigenvalue weighted by atomic mass is 19.1. The Hall–Kier alpha value is -2.21. The van der Waals surface area contributed by atoms with Gasteiger partial charge in [-0.3, -0.25) is 9.69 Å². The first-order chi connectivity index (χ1) is 13.1. The number of rotatable bonds is 7. The summed E-state index contributed by atoms with van der Waals surface area (Å²) >= 11 is 0. The number of carbonyl (C=O) groups is 1. The molecule has 2 aromatic rings. The average Bonchev–Trinajstić information content (AvgIpc) is 3.15. The van der Waals surface area contributed by atoms with Crippen molar-refractivity contribution in [2.75, 3.05) is 20.1 Å². The number of likely N-dealkylation sites (N-methyl/N-ethyl adjacent to an activating group) is 1. The standard InChI is InChI=1S/C21H29FN4O/c1-3-20-23-11-14-26(20)13-10-21(27)24(2)18-8-6-12-25(16-18)15-17-7-4-5-9-19(17)22/h4-5,7,9,11,14,18H,3,6,8,10,12-13,15-16H2,1-2H3/t18-/m0/s1. The number of benzene rings is 1. The van der Waals surface area contributed by atoms with Crippen LogP contribution in [0.5, 0.6) is 0 Å². The lowest BCUT2D eigenvalue weighted by atomic mass is 10.0. The van der Waals surface area contributed by atoms with E-state index in [1.54, 1.807) is 12.3 Å². The molecule has 3 rings (SSSR count). The Bertz CT molecular complexity index is 760. The van der Waals surface area contributed by atoms with Crippen molar-refractivity contribution in [1.82, 2.24) is 19.4 Å². The molecule has 1 saturated heterocycles. The van der Waals surface area contributed by atoms with E-state index in [4.69, 9.17) is 0 Å². The summed E-state index contributed by atoms with van der Waals surface area (Å²) in [5, 5.41) is 0. The smallest absolute Gasteiger partial charge is 0.224 e. The van der Waals surface area contributed by atoms with Crippen LogP contribution in [0.15, 0.2) is 36.7 Å². The minimum absolute atomic E-state index is 0.156. The molecule has 0 saturated carbocycles. The van der Waals surface area contributed by atoms with Crippen LogP contribution >= 0.6 is 0 Å². The Morgan fingerprint density at radius 2 is 2.19 bits per heavy atom. The molecule has 0 bridgehead atoms. The van der Waals surface area contributed by atoms with Crippen LogP contribution in [0, 0.1) is 5.82 Å². The Morgan fingerprint density at radius 1 is 1.37 bits per heavy atom. The molecule has 5 nitrogen and oxygen atoms in total. The molecule has 0 radical (unpaired) electrons. The summed E-state index contributed by atoms with van der Waals surface area (Å²) in [5.74, 6) is 1.01. The van der Waals surface area contributed by atoms with Gasteiger partial charge >= 0.3 is 0 Å². The first-order valence-electron chi connectivity index (χ1n) is 9.80. The molecule has 27 heavy (non-hydrogen) atoms. The van der Waals surface area contributed by atoms with Gasteiger partial charge in [-0.25, -0.2) is 9.37 Å². The number of nitrogens with zero attached hydrogens (tertiary/aromatic N) is 4. The quantitative estimate of drug-likeness (QED) is 0.750. The van der Waals surface area contributed by atoms with Gasteiger partial charge in [0.2, 0.25) is 5.91 Å². The van der Waals surface area contributed by atoms with Crippen molar-refractivity contribution >= 4 is 5.91 Å². The van der Waals surface area contributed by atoms with Gasteiger partial charge in [0, 0.05) is 63.5 Å². The zero-order chi connectivity index (χ0) is 19.2. The number of carbonyl (C=O) groups excluding carboxylic acids is 1. The van der Waals surface area contributed by atoms with Crippen molar-refractivity contribution in [3.05, 3.63) is 53.9 Å². The fourth-order valence-electron chi connectivity index (χ4n) is 3.81. The van der Waals surface area contributed by atoms with E-state index < -0.39 is 0 Å². The maximum atomic E-state index is 13.9. The summed E-state index contributed by atoms with van der Waals surface area (Å²) in [6, 6.07) is 7.12. The van der Waals surface area contributed by atoms with Crippen LogP contribution in [0.1, 0.15) is 37.6 Å². The Labute approximate surface area is 160 Å². The zero-order valence-electron chi connectivity index (χ0n) is 16.3. The van der Waals surface area contributed by atoms with E-state index in [1.807, 2.05) is 30.3 Å². The molecular formula is C21H29FN4O. The molecule has 1 aliphatic rings. The highest BCUT2D eigenvalue weighted by Crippen LogP contribution is 2.19. The number of amides is 1. The fraction of sp³-hybridized carbons (Fsp3) is 0.524. The molecule has 2 heterocycles. The van der Waals surface area contributed by atoms with Crippen molar-refractivity contribution < 1.29 is 9.18 Å². The number of likely N-dealkylation sites (tertiary alicyclic amines) is 1. The molecule has 1 amide bonds. The lowest BCUT2D eigenvalue weighted by molar-refractivity contribution is -0.133. The van der Waals surface area contributed by atoms with E-state index in [-0.39, 0.29) is 17.8 Å². The van der Waals surface area contributed by atoms with Gasteiger partial charge in [0.1, 0.15) is 11.6 Å². The normalized spacial score (nSPS) is 17.8. The fourth-order valence-corrected chi connectivity index (χ4v) is 3.81. The molecule has 146 valence electrons. The summed E-state index contributed by atoms with van der Waals surface area (Å²) in [7, 11) is 1.90. The van der Waals surface area contributed by atoms with Crippen molar-refractivity contribution in [3.8, 4) is 0 Å². The first kappa shape index (κ1) is 19.5. The highest BCUT2D eigenvalue weighted by Gasteiger charge is 2.26. The second-order valence-corrected chi connectivity index (χ2v) is 7.27. The number of imidazole rings is 1. The van der Waals surface area contributed by atoms with E-state index in [9.17, 15) is 9.18 Å². The van der Waals surface area contributed by atoms with Crippen LogP contribution in [-0.4, -0.2) is 51.4 Å². The van der Waals surface area contributed by atoms with Crippen LogP contribution < -0.4 is 0 Å². The second kappa shape index (κ2) is 9.13. The first-order valence-corrected chi connectivity index (χ1v) is 9.80. The number of aromatic nitrogens is 2. The van der Waals surface area contributed by atoms with Crippen molar-refractivity contribution in [2.24, 2.45) is 0 Å². The Balaban J connectivity index is 1.53. The third-order valence-corrected chi connectivity index (χ3v) is 5.46. The highest BCUT2D eigenvalue weighted by molar-refractivity contribution is 5.76. The maximum Gasteiger partial charge on any atom is 0.224 e. The lowest BCUT2D eigenvalue weighted by Crippen LogP contribution is -2.48. The largest absolute Gasteiger partial charge is 0.341 e. The summed E-state index contributed by atoms with van der Waals surface area (Å²) in [4.78, 5) is 21.1. The van der Waals surface area contributed by atoms with Gasteiger partial charge in [-0.1, -0.05) is 25.1 Å². The van der Waals surface area contributed by atoms with Crippen LogP contribution in [0.3, 0.4) is 0 Å². The summed E-state index contributed by atoms with van der Waals surface area (Å²) < 4.78 is 16.0. The molecule has 0 spiro atoms. The Kier molecular flexibility index (Phi) is 6.61. The number of piperidine rings is 1. The molecular weight excluding hydrogens is 343 g/mol. The number of aryl methyl sites for hydroxylation is 2. The Morgan fingerprint density at radius 3 is 2.96 bits per heavy atom. The van der Waals surface area contributed by atoms with Gasteiger partial charge in [0.15, 0.2) is 0 Å². The molecule has 1 atom stereocenters. The van der Waals surface area contributed by atoms with Gasteiger partial charge in [-0.2, -0.15) is 0 Å². The molecule has 0 aliphatic carbocycles. The molecule has 0 unspecified atom stereocenters. The predicted octanol–water partition coefficient (Wildman–Crippen LogP) is 3.10. The van der Waals surface area contributed by atoms with Crippen LogP contribution in [-0.2, 0) is 24.3 Å². The van der Waals surface area contributed by atoms with Gasteiger partial charge in [0.05, 0.1) is 0 Å². The number of hydrogen-bond donors (Lipinski definition) is 0. The van der Waals surface area contributed by atoms with E-state index in [0.717, 1.165) is 43.7 Å². The van der Waals surface area contributed by atoms with Crippen molar-refractivity contribution in [3.63, 3.8) is 0 Å². The number of hydrogen-bond acceptors (Lipinski definition) is 3. The summed E-state index contributed by atoms with van der Waals surface area (Å²) in [5.41, 5.74) is 0.722. The predicted molar refractivity (Wildman–Crippen MR) is 104 cm³/mol. The van der Waals surface area contributed by atoms with Crippen molar-refractivity contribution in [1.29, 1.82) is 0 Å². The van der Waals surface area contributed by atoms with Gasteiger partial charge in [-0.15, -0.1) is 0 Å². The van der Waals surface area contributed by atoms with Crippen LogP contribution in [0.25, 0.3) is 0 Å². The lowest BCUT2D eigenvalue weighted by Gasteiger charge is -2.37. The van der Waals surface area contributed by atoms with Gasteiger partial charge in [-0.05, 0) is 25.5 Å². The molecule has 1 fully saturated rings. The second-order valence-electron chi connectivity index (χ2n) is 7.27. The van der Waals surface area contributed by atoms with Gasteiger partial charge in [0.25, 0.3) is 0 Å². The average molecular weight is 372 g/mol. The molecule has 0 N–H and O–H groups in total. The maximum absolute atomic E-state index is 13.9.